The van der Waals surface area contributed by atoms with Crippen molar-refractivity contribution in [2.75, 3.05) is 12.8 Å². The number of nitrogens with two attached hydrogens (primary N) is 1. The third-order valence-electron chi connectivity index (χ3n) is 1.75. The molecule has 0 saturated heterocycles. The average Bonchev–Trinajstić information content (AvgIpc) is 2.24. The summed E-state index contributed by atoms with van der Waals surface area (Å²) < 4.78 is 4.57. The molecule has 0 unspecified atom stereocenters. The van der Waals surface area contributed by atoms with E-state index in [1.165, 1.54) is 19.3 Å². The fourth-order valence-electron chi connectivity index (χ4n) is 1.14. The van der Waals surface area contributed by atoms with E-state index >= 15 is 0 Å². The molecule has 0 aliphatic rings. The van der Waals surface area contributed by atoms with Crippen molar-refractivity contribution < 1.29 is 9.53 Å². The lowest BCUT2D eigenvalue weighted by atomic mass is 10.1. The molecule has 0 spiro atoms. The van der Waals surface area contributed by atoms with Crippen molar-refractivity contribution >= 4 is 17.7 Å². The first-order valence-corrected chi connectivity index (χ1v) is 4.22. The molecule has 0 saturated carbocycles. The average molecular weight is 202 g/mol. The third-order valence-corrected chi connectivity index (χ3v) is 1.75. The van der Waals surface area contributed by atoms with Crippen molar-refractivity contribution in [3.63, 3.8) is 0 Å². The van der Waals surface area contributed by atoms with Gasteiger partial charge in [0.1, 0.15) is 0 Å². The van der Waals surface area contributed by atoms with Gasteiger partial charge < -0.3 is 10.5 Å². The van der Waals surface area contributed by atoms with Crippen LogP contribution in [0.3, 0.4) is 0 Å². The van der Waals surface area contributed by atoms with Crippen molar-refractivity contribution in [2.24, 2.45) is 0 Å². The maximum absolute atomic E-state index is 11.2. The summed E-state index contributed by atoms with van der Waals surface area (Å²) in [5.41, 5.74) is 7.12. The largest absolute Gasteiger partial charge is 0.465 e. The van der Waals surface area contributed by atoms with Crippen LogP contribution in [0, 0.1) is 11.3 Å². The summed E-state index contributed by atoms with van der Waals surface area (Å²) in [5.74, 6) is -0.450. The molecular weight excluding hydrogens is 192 g/mol. The van der Waals surface area contributed by atoms with Crippen molar-refractivity contribution in [1.29, 1.82) is 5.26 Å². The van der Waals surface area contributed by atoms with E-state index in [-0.39, 0.29) is 0 Å². The number of carbonyl (C=O) groups excluding carboxylic acids is 1. The van der Waals surface area contributed by atoms with Crippen LogP contribution >= 0.6 is 0 Å². The van der Waals surface area contributed by atoms with Gasteiger partial charge in [-0.25, -0.2) is 4.79 Å². The number of rotatable bonds is 2. The molecule has 0 radical (unpaired) electrons. The molecule has 2 N–H and O–H groups in total. The van der Waals surface area contributed by atoms with Crippen LogP contribution in [0.15, 0.2) is 24.3 Å². The third kappa shape index (κ3) is 2.85. The molecule has 0 fully saturated rings. The Kier molecular flexibility index (Phi) is 3.47. The van der Waals surface area contributed by atoms with Gasteiger partial charge in [0.15, 0.2) is 0 Å². The number of nitrogen functional groups attached to an aromatic ring is 1. The van der Waals surface area contributed by atoms with Crippen LogP contribution in [0.5, 0.6) is 0 Å². The number of ether oxygens (including phenoxy) is 1. The highest BCUT2D eigenvalue weighted by Crippen LogP contribution is 2.14. The molecule has 0 aliphatic carbocycles. The minimum absolute atomic E-state index is 0.370. The Morgan fingerprint density at radius 1 is 1.53 bits per heavy atom. The van der Waals surface area contributed by atoms with Gasteiger partial charge >= 0.3 is 5.97 Å². The second kappa shape index (κ2) is 4.82. The van der Waals surface area contributed by atoms with Gasteiger partial charge in [-0.3, -0.25) is 0 Å². The summed E-state index contributed by atoms with van der Waals surface area (Å²) in [6.07, 6.45) is 2.89. The molecule has 0 amide bonds. The second-order valence-electron chi connectivity index (χ2n) is 2.84. The number of nitriles is 1. The number of esters is 1. The van der Waals surface area contributed by atoms with Crippen molar-refractivity contribution in [3.8, 4) is 6.07 Å². The predicted octanol–water partition coefficient (Wildman–Crippen LogP) is 1.59. The van der Waals surface area contributed by atoms with E-state index in [9.17, 15) is 4.79 Å². The Morgan fingerprint density at radius 3 is 2.87 bits per heavy atom. The first kappa shape index (κ1) is 10.8. The molecule has 0 atom stereocenters. The van der Waals surface area contributed by atoms with E-state index in [0.717, 1.165) is 0 Å². The molecule has 0 heterocycles. The van der Waals surface area contributed by atoms with E-state index in [4.69, 9.17) is 11.0 Å². The van der Waals surface area contributed by atoms with E-state index in [2.05, 4.69) is 4.74 Å². The molecule has 1 aromatic carbocycles. The lowest BCUT2D eigenvalue weighted by Crippen LogP contribution is -2.02. The minimum Gasteiger partial charge on any atom is -0.465 e. The lowest BCUT2D eigenvalue weighted by Gasteiger charge is -2.02. The van der Waals surface area contributed by atoms with Gasteiger partial charge in [-0.2, -0.15) is 5.26 Å². The maximum Gasteiger partial charge on any atom is 0.337 e. The zero-order valence-corrected chi connectivity index (χ0v) is 8.23. The summed E-state index contributed by atoms with van der Waals surface area (Å²) in [5, 5.41) is 8.36. The standard InChI is InChI=1S/C11H10N2O2/c1-15-11(14)9-5-8(3-2-4-12)6-10(13)7-9/h2-3,5-7H,13H2,1H3. The van der Waals surface area contributed by atoms with Crippen LogP contribution in [0.1, 0.15) is 15.9 Å². The number of carbonyl (C=O) groups is 1. The number of benzene rings is 1. The predicted molar refractivity (Wildman–Crippen MR) is 56.8 cm³/mol. The number of nitrogens with zero attached hydrogens (tertiary/aromatic N) is 1. The Bertz CT molecular complexity index is 444. The summed E-state index contributed by atoms with van der Waals surface area (Å²) in [6, 6.07) is 6.66. The minimum atomic E-state index is -0.450. The molecule has 15 heavy (non-hydrogen) atoms. The van der Waals surface area contributed by atoms with E-state index in [1.54, 1.807) is 18.2 Å². The van der Waals surface area contributed by atoms with E-state index in [1.807, 2.05) is 6.07 Å². The topological polar surface area (TPSA) is 76.1 Å². The number of methoxy groups -OCH3 is 1. The van der Waals surface area contributed by atoms with Crippen LogP contribution in [0.2, 0.25) is 0 Å². The molecule has 4 heteroatoms. The highest BCUT2D eigenvalue weighted by molar-refractivity contribution is 5.91. The van der Waals surface area contributed by atoms with Gasteiger partial charge in [0, 0.05) is 11.8 Å². The zero-order chi connectivity index (χ0) is 11.3. The van der Waals surface area contributed by atoms with Gasteiger partial charge in [0.25, 0.3) is 0 Å². The quantitative estimate of drug-likeness (QED) is 0.449. The molecule has 0 aromatic heterocycles. The Balaban J connectivity index is 3.11. The van der Waals surface area contributed by atoms with Gasteiger partial charge in [-0.15, -0.1) is 0 Å². The Morgan fingerprint density at radius 2 is 2.27 bits per heavy atom. The van der Waals surface area contributed by atoms with Crippen LogP contribution < -0.4 is 5.73 Å². The molecule has 76 valence electrons. The van der Waals surface area contributed by atoms with Gasteiger partial charge in [-0.1, -0.05) is 0 Å². The first-order valence-electron chi connectivity index (χ1n) is 4.22. The smallest absolute Gasteiger partial charge is 0.337 e. The molecule has 4 nitrogen and oxygen atoms in total. The number of anilines is 1. The SMILES string of the molecule is COC(=O)c1cc(N)cc(C=CC#N)c1. The summed E-state index contributed by atoms with van der Waals surface area (Å²) >= 11 is 0. The molecule has 0 aliphatic heterocycles. The fraction of sp³-hybridized carbons (Fsp3) is 0.0909. The zero-order valence-electron chi connectivity index (χ0n) is 8.23. The second-order valence-corrected chi connectivity index (χ2v) is 2.84. The summed E-state index contributed by atoms with van der Waals surface area (Å²) in [4.78, 5) is 11.2. The number of allylic oxidation sites excluding steroid dienone is 1. The van der Waals surface area contributed by atoms with E-state index < -0.39 is 5.97 Å². The van der Waals surface area contributed by atoms with Gasteiger partial charge in [-0.05, 0) is 29.8 Å². The van der Waals surface area contributed by atoms with Crippen LogP contribution in [-0.2, 0) is 4.74 Å². The van der Waals surface area contributed by atoms with Crippen LogP contribution in [0.25, 0.3) is 6.08 Å². The normalized spacial score (nSPS) is 9.87. The Labute approximate surface area is 87.6 Å². The monoisotopic (exact) mass is 202 g/mol. The highest BCUT2D eigenvalue weighted by Gasteiger charge is 2.06. The molecular formula is C11H10N2O2. The lowest BCUT2D eigenvalue weighted by molar-refractivity contribution is 0.0601. The van der Waals surface area contributed by atoms with Crippen molar-refractivity contribution in [1.82, 2.24) is 0 Å². The molecule has 1 rings (SSSR count). The van der Waals surface area contributed by atoms with Gasteiger partial charge in [0.2, 0.25) is 0 Å². The summed E-state index contributed by atoms with van der Waals surface area (Å²) in [6.45, 7) is 0. The van der Waals surface area contributed by atoms with Gasteiger partial charge in [0.05, 0.1) is 18.7 Å². The highest BCUT2D eigenvalue weighted by atomic mass is 16.5. The van der Waals surface area contributed by atoms with Crippen LogP contribution in [-0.4, -0.2) is 13.1 Å². The van der Waals surface area contributed by atoms with E-state index in [0.29, 0.717) is 16.8 Å². The molecule has 1 aromatic rings. The number of hydrogen-bond acceptors (Lipinski definition) is 4. The first-order chi connectivity index (χ1) is 7.17. The molecule has 0 bridgehead atoms. The van der Waals surface area contributed by atoms with Crippen LogP contribution in [0.4, 0.5) is 5.69 Å². The fourth-order valence-corrected chi connectivity index (χ4v) is 1.14. The van der Waals surface area contributed by atoms with Crippen molar-refractivity contribution in [2.45, 2.75) is 0 Å². The van der Waals surface area contributed by atoms with Crippen molar-refractivity contribution in [3.05, 3.63) is 35.4 Å². The Hall–Kier alpha value is -2.28. The maximum atomic E-state index is 11.2. The number of hydrogen-bond donors (Lipinski definition) is 1. The summed E-state index contributed by atoms with van der Waals surface area (Å²) in [7, 11) is 1.30.